The number of rotatable bonds is 5. The monoisotopic (exact) mass is 487 g/mol. The highest BCUT2D eigenvalue weighted by atomic mass is 35.5. The molecule has 1 N–H and O–H groups in total. The van der Waals surface area contributed by atoms with Crippen LogP contribution < -0.4 is 4.74 Å². The molecule has 0 fully saturated rings. The van der Waals surface area contributed by atoms with Gasteiger partial charge in [0.15, 0.2) is 11.3 Å². The first-order valence-electron chi connectivity index (χ1n) is 9.02. The number of benzene rings is 1. The zero-order valence-corrected chi connectivity index (χ0v) is 18.0. The Hall–Kier alpha value is -2.89. The highest BCUT2D eigenvalue weighted by Crippen LogP contribution is 2.37. The van der Waals surface area contributed by atoms with Gasteiger partial charge in [0.2, 0.25) is 5.82 Å². The van der Waals surface area contributed by atoms with E-state index in [1.165, 1.54) is 18.3 Å². The Morgan fingerprint density at radius 2 is 1.88 bits per heavy atom. The SMILES string of the molecule is CC(C)(CO)Oc1cc(Cl)c(-c2noc(-c3cn4cc(C(F)(F)F)ncc4n3)n2)cc1Cl. The lowest BCUT2D eigenvalue weighted by molar-refractivity contribution is -0.141. The van der Waals surface area contributed by atoms with E-state index in [9.17, 15) is 18.3 Å². The van der Waals surface area contributed by atoms with Crippen molar-refractivity contribution in [2.24, 2.45) is 0 Å². The molecule has 1 aromatic carbocycles. The molecule has 0 amide bonds. The van der Waals surface area contributed by atoms with Crippen LogP contribution in [0.2, 0.25) is 10.0 Å². The Morgan fingerprint density at radius 3 is 2.56 bits per heavy atom. The maximum absolute atomic E-state index is 12.9. The van der Waals surface area contributed by atoms with E-state index in [4.69, 9.17) is 32.5 Å². The van der Waals surface area contributed by atoms with Gasteiger partial charge in [-0.15, -0.1) is 0 Å². The van der Waals surface area contributed by atoms with Crippen LogP contribution in [0.15, 0.2) is 35.2 Å². The molecule has 3 aromatic heterocycles. The van der Waals surface area contributed by atoms with Gasteiger partial charge >= 0.3 is 6.18 Å². The second kappa shape index (κ2) is 7.91. The average Bonchev–Trinajstić information content (AvgIpc) is 3.36. The lowest BCUT2D eigenvalue weighted by atomic mass is 10.1. The molecule has 8 nitrogen and oxygen atoms in total. The molecule has 0 aliphatic carbocycles. The molecule has 4 rings (SSSR count). The topological polar surface area (TPSA) is 98.6 Å². The van der Waals surface area contributed by atoms with E-state index < -0.39 is 17.5 Å². The third kappa shape index (κ3) is 4.36. The van der Waals surface area contributed by atoms with E-state index in [2.05, 4.69) is 20.1 Å². The fraction of sp³-hybridized carbons (Fsp3) is 0.263. The molecule has 0 saturated heterocycles. The number of nitrogens with zero attached hydrogens (tertiary/aromatic N) is 5. The quantitative estimate of drug-likeness (QED) is 0.426. The summed E-state index contributed by atoms with van der Waals surface area (Å²) in [6.07, 6.45) is -1.47. The van der Waals surface area contributed by atoms with Gasteiger partial charge in [0.25, 0.3) is 5.89 Å². The first-order chi connectivity index (χ1) is 15.0. The summed E-state index contributed by atoms with van der Waals surface area (Å²) in [5.74, 6) is 0.314. The van der Waals surface area contributed by atoms with Gasteiger partial charge in [-0.2, -0.15) is 18.2 Å². The molecular weight excluding hydrogens is 474 g/mol. The third-order valence-corrected chi connectivity index (χ3v) is 4.91. The van der Waals surface area contributed by atoms with Crippen molar-refractivity contribution >= 4 is 28.8 Å². The van der Waals surface area contributed by atoms with Crippen LogP contribution in [0.25, 0.3) is 28.6 Å². The van der Waals surface area contributed by atoms with Crippen LogP contribution in [0.3, 0.4) is 0 Å². The van der Waals surface area contributed by atoms with E-state index in [-0.39, 0.29) is 45.5 Å². The van der Waals surface area contributed by atoms with Gasteiger partial charge < -0.3 is 18.8 Å². The number of aliphatic hydroxyl groups is 1. The minimum absolute atomic E-state index is 0.0359. The van der Waals surface area contributed by atoms with Crippen LogP contribution in [-0.2, 0) is 6.18 Å². The molecule has 0 bridgehead atoms. The summed E-state index contributed by atoms with van der Waals surface area (Å²) < 4.78 is 50.6. The summed E-state index contributed by atoms with van der Waals surface area (Å²) in [7, 11) is 0. The smallest absolute Gasteiger partial charge is 0.434 e. The Bertz CT molecular complexity index is 1300. The van der Waals surface area contributed by atoms with Crippen LogP contribution in [0.4, 0.5) is 13.2 Å². The van der Waals surface area contributed by atoms with Crippen molar-refractivity contribution in [1.29, 1.82) is 0 Å². The third-order valence-electron chi connectivity index (χ3n) is 4.31. The normalized spacial score (nSPS) is 12.5. The number of hydrogen-bond acceptors (Lipinski definition) is 7. The van der Waals surface area contributed by atoms with Crippen molar-refractivity contribution in [3.63, 3.8) is 0 Å². The maximum Gasteiger partial charge on any atom is 0.434 e. The summed E-state index contributed by atoms with van der Waals surface area (Å²) in [6, 6.07) is 2.94. The summed E-state index contributed by atoms with van der Waals surface area (Å²) in [5.41, 5.74) is -1.28. The molecule has 0 saturated carbocycles. The predicted octanol–water partition coefficient (Wildman–Crippen LogP) is 4.92. The number of alkyl halides is 3. The first kappa shape index (κ1) is 22.3. The van der Waals surface area contributed by atoms with Crippen LogP contribution in [0.1, 0.15) is 19.5 Å². The highest BCUT2D eigenvalue weighted by Gasteiger charge is 2.33. The van der Waals surface area contributed by atoms with Crippen LogP contribution in [0, 0.1) is 0 Å². The molecule has 0 radical (unpaired) electrons. The van der Waals surface area contributed by atoms with Crippen molar-refractivity contribution in [3.05, 3.63) is 46.5 Å². The van der Waals surface area contributed by atoms with E-state index in [0.29, 0.717) is 5.56 Å². The molecule has 13 heteroatoms. The highest BCUT2D eigenvalue weighted by molar-refractivity contribution is 6.36. The van der Waals surface area contributed by atoms with E-state index >= 15 is 0 Å². The molecule has 3 heterocycles. The lowest BCUT2D eigenvalue weighted by Gasteiger charge is -2.24. The van der Waals surface area contributed by atoms with Crippen LogP contribution >= 0.6 is 23.2 Å². The summed E-state index contributed by atoms with van der Waals surface area (Å²) in [6.45, 7) is 3.12. The zero-order chi connectivity index (χ0) is 23.3. The maximum atomic E-state index is 12.9. The fourth-order valence-electron chi connectivity index (χ4n) is 2.69. The van der Waals surface area contributed by atoms with Gasteiger partial charge in [-0.3, -0.25) is 0 Å². The average molecular weight is 488 g/mol. The van der Waals surface area contributed by atoms with Gasteiger partial charge in [0.1, 0.15) is 17.0 Å². The standard InChI is InChI=1S/C19H14Cl2F3N5O3/c1-18(2,8-30)31-13-4-10(20)9(3-11(13)21)16-27-17(32-28-16)12-6-29-7-14(19(22,23)24)25-5-15(29)26-12/h3-7,30H,8H2,1-2H3. The summed E-state index contributed by atoms with van der Waals surface area (Å²) >= 11 is 12.6. The Kier molecular flexibility index (Phi) is 5.51. The number of ether oxygens (including phenoxy) is 1. The van der Waals surface area contributed by atoms with Gasteiger partial charge in [-0.25, -0.2) is 9.97 Å². The van der Waals surface area contributed by atoms with Crippen LogP contribution in [-0.4, -0.2) is 41.8 Å². The number of halogens is 5. The lowest BCUT2D eigenvalue weighted by Crippen LogP contribution is -2.32. The second-order valence-electron chi connectivity index (χ2n) is 7.37. The molecule has 0 aliphatic rings. The minimum Gasteiger partial charge on any atom is -0.484 e. The van der Waals surface area contributed by atoms with Crippen molar-refractivity contribution < 1.29 is 27.5 Å². The Morgan fingerprint density at radius 1 is 1.12 bits per heavy atom. The molecular formula is C19H14Cl2F3N5O3. The predicted molar refractivity (Wildman–Crippen MR) is 109 cm³/mol. The molecule has 4 aromatic rings. The van der Waals surface area contributed by atoms with Crippen LogP contribution in [0.5, 0.6) is 5.75 Å². The van der Waals surface area contributed by atoms with Gasteiger partial charge in [-0.1, -0.05) is 28.4 Å². The van der Waals surface area contributed by atoms with Crippen molar-refractivity contribution in [2.45, 2.75) is 25.6 Å². The minimum atomic E-state index is -4.59. The molecule has 0 atom stereocenters. The van der Waals surface area contributed by atoms with Gasteiger partial charge in [0, 0.05) is 24.0 Å². The molecule has 0 spiro atoms. The molecule has 0 aliphatic heterocycles. The summed E-state index contributed by atoms with van der Waals surface area (Å²) in [5, 5.41) is 13.6. The first-order valence-corrected chi connectivity index (χ1v) is 9.78. The van der Waals surface area contributed by atoms with E-state index in [1.54, 1.807) is 13.8 Å². The fourth-order valence-corrected chi connectivity index (χ4v) is 3.13. The van der Waals surface area contributed by atoms with Gasteiger partial charge in [-0.05, 0) is 19.9 Å². The zero-order valence-electron chi connectivity index (χ0n) is 16.5. The largest absolute Gasteiger partial charge is 0.484 e. The Labute approximate surface area is 188 Å². The molecule has 168 valence electrons. The van der Waals surface area contributed by atoms with Crippen molar-refractivity contribution in [3.8, 4) is 28.7 Å². The number of aliphatic hydroxyl groups excluding tert-OH is 1. The van der Waals surface area contributed by atoms with E-state index in [1.807, 2.05) is 0 Å². The number of imidazole rings is 1. The Balaban J connectivity index is 1.66. The van der Waals surface area contributed by atoms with Gasteiger partial charge in [0.05, 0.1) is 22.8 Å². The van der Waals surface area contributed by atoms with Crippen molar-refractivity contribution in [1.82, 2.24) is 24.5 Å². The number of aromatic nitrogens is 5. The van der Waals surface area contributed by atoms with E-state index in [0.717, 1.165) is 16.8 Å². The second-order valence-corrected chi connectivity index (χ2v) is 8.18. The number of hydrogen-bond donors (Lipinski definition) is 1. The van der Waals surface area contributed by atoms with Crippen molar-refractivity contribution in [2.75, 3.05) is 6.61 Å². The molecule has 0 unspecified atom stereocenters. The number of fused-ring (bicyclic) bond motifs is 1. The molecule has 32 heavy (non-hydrogen) atoms. The summed E-state index contributed by atoms with van der Waals surface area (Å²) in [4.78, 5) is 11.7.